The molecule has 1 rings (SSSR count). The molecule has 0 aromatic heterocycles. The lowest BCUT2D eigenvalue weighted by atomic mass is 9.74. The third-order valence-corrected chi connectivity index (χ3v) is 3.94. The Morgan fingerprint density at radius 2 is 1.82 bits per heavy atom. The molecule has 0 aliphatic carbocycles. The van der Waals surface area contributed by atoms with Gasteiger partial charge in [-0.3, -0.25) is 4.79 Å². The first-order valence-corrected chi connectivity index (χ1v) is 5.92. The molecule has 3 N–H and O–H groups in total. The average Bonchev–Trinajstić information content (AvgIpc) is 2.62. The van der Waals surface area contributed by atoms with Crippen LogP contribution in [0.3, 0.4) is 0 Å². The predicted octanol–water partition coefficient (Wildman–Crippen LogP) is 0.825. The van der Waals surface area contributed by atoms with Gasteiger partial charge in [-0.25, -0.2) is 4.79 Å². The van der Waals surface area contributed by atoms with Crippen molar-refractivity contribution in [3.05, 3.63) is 0 Å². The van der Waals surface area contributed by atoms with Gasteiger partial charge in [0.2, 0.25) is 5.91 Å². The van der Waals surface area contributed by atoms with Gasteiger partial charge in [-0.15, -0.1) is 0 Å². The number of nitrogens with two attached hydrogens (primary N) is 1. The summed E-state index contributed by atoms with van der Waals surface area (Å²) < 4.78 is 0. The fourth-order valence-corrected chi connectivity index (χ4v) is 1.90. The van der Waals surface area contributed by atoms with Crippen LogP contribution in [0.25, 0.3) is 0 Å². The number of nitrogens with zero attached hydrogens (tertiary/aromatic N) is 1. The molecular weight excluding hydrogens is 220 g/mol. The quantitative estimate of drug-likeness (QED) is 0.767. The van der Waals surface area contributed by atoms with E-state index in [-0.39, 0.29) is 5.91 Å². The maximum Gasteiger partial charge on any atom is 0.326 e. The van der Waals surface area contributed by atoms with Gasteiger partial charge in [0.15, 0.2) is 0 Å². The first-order valence-electron chi connectivity index (χ1n) is 5.92. The van der Waals surface area contributed by atoms with Gasteiger partial charge in [0.25, 0.3) is 0 Å². The number of amides is 1. The second-order valence-electron chi connectivity index (χ2n) is 5.84. The highest BCUT2D eigenvalue weighted by atomic mass is 16.4. The van der Waals surface area contributed by atoms with Gasteiger partial charge in [0, 0.05) is 12.1 Å². The van der Waals surface area contributed by atoms with Crippen LogP contribution in [0, 0.1) is 5.41 Å². The molecule has 1 atom stereocenters. The number of carbonyl (C=O) groups excluding carboxylic acids is 1. The molecule has 0 unspecified atom stereocenters. The SMILES string of the molecule is CC(C)(N)C(C)(C)C(=O)N1CCC[C@H]1C(=O)O. The van der Waals surface area contributed by atoms with E-state index in [4.69, 9.17) is 10.8 Å². The van der Waals surface area contributed by atoms with Crippen molar-refractivity contribution in [1.29, 1.82) is 0 Å². The summed E-state index contributed by atoms with van der Waals surface area (Å²) in [5.74, 6) is -1.10. The van der Waals surface area contributed by atoms with Crippen LogP contribution < -0.4 is 5.73 Å². The molecule has 1 saturated heterocycles. The molecule has 5 heteroatoms. The van der Waals surface area contributed by atoms with Gasteiger partial charge in [0.05, 0.1) is 5.41 Å². The Morgan fingerprint density at radius 1 is 1.29 bits per heavy atom. The molecule has 0 aromatic carbocycles. The van der Waals surface area contributed by atoms with Crippen molar-refractivity contribution in [2.45, 2.75) is 52.1 Å². The molecule has 0 bridgehead atoms. The summed E-state index contributed by atoms with van der Waals surface area (Å²) in [5, 5.41) is 9.08. The number of aliphatic carboxylic acids is 1. The number of carboxylic acids is 1. The molecule has 0 spiro atoms. The van der Waals surface area contributed by atoms with E-state index in [9.17, 15) is 9.59 Å². The van der Waals surface area contributed by atoms with E-state index in [0.717, 1.165) is 6.42 Å². The third kappa shape index (κ3) is 2.44. The van der Waals surface area contributed by atoms with Crippen LogP contribution in [0.2, 0.25) is 0 Å². The largest absolute Gasteiger partial charge is 0.480 e. The maximum atomic E-state index is 12.4. The maximum absolute atomic E-state index is 12.4. The number of likely N-dealkylation sites (tertiary alicyclic amines) is 1. The van der Waals surface area contributed by atoms with Crippen molar-refractivity contribution in [1.82, 2.24) is 4.90 Å². The standard InChI is InChI=1S/C12H22N2O3/c1-11(2,12(3,4)13)10(17)14-7-5-6-8(14)9(15)16/h8H,5-7,13H2,1-4H3,(H,15,16)/t8-/m0/s1. The molecule has 1 fully saturated rings. The molecule has 0 aromatic rings. The number of hydrogen-bond donors (Lipinski definition) is 2. The molecule has 0 saturated carbocycles. The summed E-state index contributed by atoms with van der Waals surface area (Å²) in [6.45, 7) is 7.63. The molecule has 98 valence electrons. The highest BCUT2D eigenvalue weighted by molar-refractivity contribution is 5.88. The first-order chi connectivity index (χ1) is 7.59. The predicted molar refractivity (Wildman–Crippen MR) is 64.4 cm³/mol. The Labute approximate surface area is 102 Å². The van der Waals surface area contributed by atoms with E-state index >= 15 is 0 Å². The number of carboxylic acid groups (broad SMARTS) is 1. The lowest BCUT2D eigenvalue weighted by molar-refractivity contribution is -0.154. The summed E-state index contributed by atoms with van der Waals surface area (Å²) >= 11 is 0. The number of rotatable bonds is 3. The zero-order valence-corrected chi connectivity index (χ0v) is 11.0. The Bertz CT molecular complexity index is 331. The van der Waals surface area contributed by atoms with Crippen LogP contribution in [0.1, 0.15) is 40.5 Å². The molecule has 1 aliphatic rings. The average molecular weight is 242 g/mol. The normalized spacial score (nSPS) is 21.7. The van der Waals surface area contributed by atoms with Crippen molar-refractivity contribution >= 4 is 11.9 Å². The van der Waals surface area contributed by atoms with Gasteiger partial charge in [-0.1, -0.05) is 0 Å². The summed E-state index contributed by atoms with van der Waals surface area (Å²) in [4.78, 5) is 24.9. The van der Waals surface area contributed by atoms with E-state index in [1.165, 1.54) is 4.90 Å². The zero-order valence-electron chi connectivity index (χ0n) is 11.0. The molecular formula is C12H22N2O3. The molecule has 0 radical (unpaired) electrons. The van der Waals surface area contributed by atoms with Crippen molar-refractivity contribution in [3.8, 4) is 0 Å². The number of carbonyl (C=O) groups is 2. The summed E-state index contributed by atoms with van der Waals surface area (Å²) in [5.41, 5.74) is 4.55. The smallest absolute Gasteiger partial charge is 0.326 e. The number of hydrogen-bond acceptors (Lipinski definition) is 3. The van der Waals surface area contributed by atoms with E-state index in [1.54, 1.807) is 27.7 Å². The lowest BCUT2D eigenvalue weighted by Crippen LogP contribution is -2.58. The highest BCUT2D eigenvalue weighted by Gasteiger charge is 2.46. The molecule has 1 heterocycles. The highest BCUT2D eigenvalue weighted by Crippen LogP contribution is 2.33. The summed E-state index contributed by atoms with van der Waals surface area (Å²) in [7, 11) is 0. The monoisotopic (exact) mass is 242 g/mol. The second kappa shape index (κ2) is 4.29. The Balaban J connectivity index is 2.94. The fourth-order valence-electron chi connectivity index (χ4n) is 1.90. The molecule has 1 aliphatic heterocycles. The topological polar surface area (TPSA) is 83.6 Å². The van der Waals surface area contributed by atoms with E-state index < -0.39 is 23.0 Å². The van der Waals surface area contributed by atoms with Crippen LogP contribution in [0.5, 0.6) is 0 Å². The lowest BCUT2D eigenvalue weighted by Gasteiger charge is -2.40. The van der Waals surface area contributed by atoms with Gasteiger partial charge in [-0.05, 0) is 40.5 Å². The summed E-state index contributed by atoms with van der Waals surface area (Å²) in [6.07, 6.45) is 1.27. The van der Waals surface area contributed by atoms with E-state index in [0.29, 0.717) is 13.0 Å². The van der Waals surface area contributed by atoms with E-state index in [2.05, 4.69) is 0 Å². The van der Waals surface area contributed by atoms with Gasteiger partial charge in [-0.2, -0.15) is 0 Å². The molecule has 1 amide bonds. The fraction of sp³-hybridized carbons (Fsp3) is 0.833. The molecule has 5 nitrogen and oxygen atoms in total. The van der Waals surface area contributed by atoms with E-state index in [1.807, 2.05) is 0 Å². The minimum absolute atomic E-state index is 0.171. The Kier molecular flexibility index (Phi) is 3.52. The van der Waals surface area contributed by atoms with Gasteiger partial charge >= 0.3 is 5.97 Å². The van der Waals surface area contributed by atoms with Gasteiger partial charge < -0.3 is 15.7 Å². The van der Waals surface area contributed by atoms with Crippen LogP contribution >= 0.6 is 0 Å². The van der Waals surface area contributed by atoms with Crippen LogP contribution in [0.4, 0.5) is 0 Å². The van der Waals surface area contributed by atoms with Crippen molar-refractivity contribution < 1.29 is 14.7 Å². The molecule has 17 heavy (non-hydrogen) atoms. The Hall–Kier alpha value is -1.10. The summed E-state index contributed by atoms with van der Waals surface area (Å²) in [6, 6.07) is -0.691. The van der Waals surface area contributed by atoms with Crippen molar-refractivity contribution in [3.63, 3.8) is 0 Å². The van der Waals surface area contributed by atoms with Crippen molar-refractivity contribution in [2.24, 2.45) is 11.1 Å². The third-order valence-electron chi connectivity index (χ3n) is 3.94. The van der Waals surface area contributed by atoms with Crippen LogP contribution in [-0.4, -0.2) is 40.0 Å². The van der Waals surface area contributed by atoms with Crippen LogP contribution in [-0.2, 0) is 9.59 Å². The minimum atomic E-state index is -0.929. The second-order valence-corrected chi connectivity index (χ2v) is 5.84. The zero-order chi connectivity index (χ0) is 13.4. The minimum Gasteiger partial charge on any atom is -0.480 e. The Morgan fingerprint density at radius 3 is 2.24 bits per heavy atom. The van der Waals surface area contributed by atoms with Crippen molar-refractivity contribution in [2.75, 3.05) is 6.54 Å². The van der Waals surface area contributed by atoms with Crippen LogP contribution in [0.15, 0.2) is 0 Å². The first kappa shape index (κ1) is 14.0. The van der Waals surface area contributed by atoms with Gasteiger partial charge in [0.1, 0.15) is 6.04 Å².